The number of imidazole rings is 1. The Bertz CT molecular complexity index is 464. The predicted octanol–water partition coefficient (Wildman–Crippen LogP) is 0.0542. The van der Waals surface area contributed by atoms with E-state index >= 15 is 0 Å². The molecule has 0 bridgehead atoms. The van der Waals surface area contributed by atoms with Crippen molar-refractivity contribution in [3.05, 3.63) is 23.9 Å². The molecule has 0 amide bonds. The van der Waals surface area contributed by atoms with Gasteiger partial charge in [-0.15, -0.1) is 0 Å². The van der Waals surface area contributed by atoms with Gasteiger partial charge in [-0.2, -0.15) is 0 Å². The van der Waals surface area contributed by atoms with E-state index in [4.69, 9.17) is 10.5 Å². The highest BCUT2D eigenvalue weighted by atomic mass is 16.6. The summed E-state index contributed by atoms with van der Waals surface area (Å²) in [5, 5.41) is 7.32. The van der Waals surface area contributed by atoms with Gasteiger partial charge in [-0.25, -0.2) is 9.61 Å². The van der Waals surface area contributed by atoms with Gasteiger partial charge in [0, 0.05) is 25.9 Å². The summed E-state index contributed by atoms with van der Waals surface area (Å²) in [6.07, 6.45) is 4.13. The Morgan fingerprint density at radius 2 is 2.38 bits per heavy atom. The number of aromatic nitrogens is 4. The maximum atomic E-state index is 5.98. The first-order valence-electron chi connectivity index (χ1n) is 4.80. The first-order valence-corrected chi connectivity index (χ1v) is 4.80. The largest absolute Gasteiger partial charge is 0.477 e. The van der Waals surface area contributed by atoms with E-state index in [1.54, 1.807) is 6.20 Å². The van der Waals surface area contributed by atoms with Gasteiger partial charge in [0.25, 0.3) is 5.88 Å². The van der Waals surface area contributed by atoms with Crippen LogP contribution in [0.25, 0.3) is 0 Å². The fourth-order valence-corrected chi connectivity index (χ4v) is 1.44. The number of ether oxygens (including phenoxy) is 1. The zero-order valence-electron chi connectivity index (χ0n) is 9.12. The molecule has 2 aromatic heterocycles. The molecule has 0 saturated heterocycles. The van der Waals surface area contributed by atoms with Gasteiger partial charge >= 0.3 is 0 Å². The number of aryl methyl sites for hydroxylation is 1. The molecule has 0 radical (unpaired) electrons. The maximum absolute atomic E-state index is 5.98. The van der Waals surface area contributed by atoms with E-state index in [9.17, 15) is 0 Å². The van der Waals surface area contributed by atoms with Gasteiger partial charge < -0.3 is 15.0 Å². The van der Waals surface area contributed by atoms with Crippen molar-refractivity contribution < 1.29 is 9.37 Å². The Morgan fingerprint density at radius 3 is 3.00 bits per heavy atom. The number of rotatable bonds is 4. The first-order chi connectivity index (χ1) is 7.72. The second-order valence-electron chi connectivity index (χ2n) is 3.42. The zero-order valence-corrected chi connectivity index (χ0v) is 9.12. The van der Waals surface area contributed by atoms with Crippen LogP contribution in [0, 0.1) is 0 Å². The van der Waals surface area contributed by atoms with Gasteiger partial charge in [0.15, 0.2) is 5.69 Å². The second-order valence-corrected chi connectivity index (χ2v) is 3.42. The second kappa shape index (κ2) is 4.31. The normalized spacial score (nSPS) is 12.7. The Balaban J connectivity index is 2.14. The molecule has 0 aromatic carbocycles. The minimum atomic E-state index is -0.345. The average Bonchev–Trinajstić information content (AvgIpc) is 2.87. The van der Waals surface area contributed by atoms with E-state index in [-0.39, 0.29) is 6.04 Å². The van der Waals surface area contributed by atoms with Gasteiger partial charge in [0.2, 0.25) is 0 Å². The van der Waals surface area contributed by atoms with Gasteiger partial charge in [-0.05, 0) is 10.3 Å². The van der Waals surface area contributed by atoms with E-state index in [1.807, 2.05) is 17.8 Å². The predicted molar refractivity (Wildman–Crippen MR) is 54.7 cm³/mol. The van der Waals surface area contributed by atoms with E-state index in [0.717, 1.165) is 5.82 Å². The molecule has 2 heterocycles. The fourth-order valence-electron chi connectivity index (χ4n) is 1.44. The average molecular weight is 223 g/mol. The Labute approximate surface area is 92.2 Å². The standard InChI is InChI=1S/C9H13N5O2/c1-14-4-3-11-7(14)5-6(10)8-9(15-2)13-16-12-8/h3-4,6H,5,10H2,1-2H3. The minimum absolute atomic E-state index is 0.321. The highest BCUT2D eigenvalue weighted by Crippen LogP contribution is 2.21. The number of hydrogen-bond donors (Lipinski definition) is 1. The fraction of sp³-hybridized carbons (Fsp3) is 0.444. The zero-order chi connectivity index (χ0) is 11.5. The summed E-state index contributed by atoms with van der Waals surface area (Å²) in [6, 6.07) is -0.345. The van der Waals surface area contributed by atoms with Crippen LogP contribution in [0.2, 0.25) is 0 Å². The Hall–Kier alpha value is -1.89. The van der Waals surface area contributed by atoms with E-state index in [1.165, 1.54) is 7.11 Å². The molecule has 86 valence electrons. The number of nitrogens with two attached hydrogens (primary N) is 1. The van der Waals surface area contributed by atoms with Crippen molar-refractivity contribution in [1.29, 1.82) is 0 Å². The summed E-state index contributed by atoms with van der Waals surface area (Å²) in [5.74, 6) is 1.19. The van der Waals surface area contributed by atoms with Gasteiger partial charge in [-0.3, -0.25) is 0 Å². The van der Waals surface area contributed by atoms with E-state index in [2.05, 4.69) is 19.9 Å². The van der Waals surface area contributed by atoms with Crippen molar-refractivity contribution in [2.45, 2.75) is 12.5 Å². The molecule has 0 fully saturated rings. The highest BCUT2D eigenvalue weighted by Gasteiger charge is 2.20. The van der Waals surface area contributed by atoms with Crippen LogP contribution in [0.5, 0.6) is 5.88 Å². The highest BCUT2D eigenvalue weighted by molar-refractivity contribution is 5.19. The molecule has 16 heavy (non-hydrogen) atoms. The van der Waals surface area contributed by atoms with Gasteiger partial charge in [0.05, 0.1) is 13.2 Å². The molecule has 1 atom stereocenters. The van der Waals surface area contributed by atoms with Crippen molar-refractivity contribution in [3.63, 3.8) is 0 Å². The lowest BCUT2D eigenvalue weighted by molar-refractivity contribution is 0.280. The third-order valence-electron chi connectivity index (χ3n) is 2.35. The molecule has 7 heteroatoms. The third-order valence-corrected chi connectivity index (χ3v) is 2.35. The lowest BCUT2D eigenvalue weighted by Gasteiger charge is -2.08. The van der Waals surface area contributed by atoms with Crippen LogP contribution in [0.15, 0.2) is 17.0 Å². The molecule has 0 aliphatic heterocycles. The summed E-state index contributed by atoms with van der Waals surface area (Å²) in [5.41, 5.74) is 6.49. The molecular weight excluding hydrogens is 210 g/mol. The first kappa shape index (κ1) is 10.6. The summed E-state index contributed by atoms with van der Waals surface area (Å²) in [7, 11) is 3.41. The minimum Gasteiger partial charge on any atom is -0.477 e. The Kier molecular flexibility index (Phi) is 2.86. The van der Waals surface area contributed by atoms with Crippen molar-refractivity contribution in [3.8, 4) is 5.88 Å². The molecular formula is C9H13N5O2. The van der Waals surface area contributed by atoms with Gasteiger partial charge in [0.1, 0.15) is 5.82 Å². The van der Waals surface area contributed by atoms with Crippen LogP contribution in [0.1, 0.15) is 17.6 Å². The number of hydrogen-bond acceptors (Lipinski definition) is 6. The smallest absolute Gasteiger partial charge is 0.280 e. The van der Waals surface area contributed by atoms with Crippen molar-refractivity contribution in [2.75, 3.05) is 7.11 Å². The van der Waals surface area contributed by atoms with Crippen LogP contribution in [0.3, 0.4) is 0 Å². The lowest BCUT2D eigenvalue weighted by atomic mass is 10.1. The summed E-state index contributed by atoms with van der Waals surface area (Å²) >= 11 is 0. The third kappa shape index (κ3) is 1.89. The molecule has 2 rings (SSSR count). The van der Waals surface area contributed by atoms with Crippen LogP contribution in [-0.4, -0.2) is 27.0 Å². The van der Waals surface area contributed by atoms with Crippen LogP contribution in [-0.2, 0) is 13.5 Å². The number of methoxy groups -OCH3 is 1. The van der Waals surface area contributed by atoms with Crippen molar-refractivity contribution >= 4 is 0 Å². The summed E-state index contributed by atoms with van der Waals surface area (Å²) < 4.78 is 11.5. The molecule has 1 unspecified atom stereocenters. The van der Waals surface area contributed by atoms with E-state index in [0.29, 0.717) is 18.0 Å². The molecule has 0 aliphatic carbocycles. The van der Waals surface area contributed by atoms with Crippen LogP contribution in [0.4, 0.5) is 0 Å². The van der Waals surface area contributed by atoms with Crippen LogP contribution >= 0.6 is 0 Å². The molecule has 0 saturated carbocycles. The monoisotopic (exact) mass is 223 g/mol. The lowest BCUT2D eigenvalue weighted by Crippen LogP contribution is -2.17. The topological polar surface area (TPSA) is 92.0 Å². The molecule has 2 N–H and O–H groups in total. The quantitative estimate of drug-likeness (QED) is 0.787. The molecule has 0 spiro atoms. The summed E-state index contributed by atoms with van der Waals surface area (Å²) in [6.45, 7) is 0. The molecule has 0 aliphatic rings. The summed E-state index contributed by atoms with van der Waals surface area (Å²) in [4.78, 5) is 4.18. The van der Waals surface area contributed by atoms with Crippen molar-refractivity contribution in [1.82, 2.24) is 19.9 Å². The van der Waals surface area contributed by atoms with Crippen LogP contribution < -0.4 is 10.5 Å². The Morgan fingerprint density at radius 1 is 1.56 bits per heavy atom. The van der Waals surface area contributed by atoms with E-state index < -0.39 is 0 Å². The van der Waals surface area contributed by atoms with Crippen molar-refractivity contribution in [2.24, 2.45) is 12.8 Å². The number of nitrogens with zero attached hydrogens (tertiary/aromatic N) is 4. The molecule has 7 nitrogen and oxygen atoms in total. The van der Waals surface area contributed by atoms with Gasteiger partial charge in [-0.1, -0.05) is 0 Å². The molecule has 2 aromatic rings. The SMILES string of the molecule is COc1nonc1C(N)Cc1nccn1C. The maximum Gasteiger partial charge on any atom is 0.280 e.